The van der Waals surface area contributed by atoms with Crippen LogP contribution in [0.5, 0.6) is 0 Å². The van der Waals surface area contributed by atoms with Crippen molar-refractivity contribution in [3.63, 3.8) is 0 Å². The molecule has 3 aromatic rings. The lowest BCUT2D eigenvalue weighted by Crippen LogP contribution is -2.27. The number of H-pyrrole nitrogens is 1. The van der Waals surface area contributed by atoms with Crippen LogP contribution < -0.4 is 15.9 Å². The van der Waals surface area contributed by atoms with E-state index in [1.54, 1.807) is 23.0 Å². The van der Waals surface area contributed by atoms with Crippen molar-refractivity contribution in [1.29, 1.82) is 0 Å². The third-order valence-corrected chi connectivity index (χ3v) is 5.78. The van der Waals surface area contributed by atoms with Crippen LogP contribution in [0, 0.1) is 20.8 Å². The van der Waals surface area contributed by atoms with E-state index in [2.05, 4.69) is 16.4 Å². The Bertz CT molecular complexity index is 1000. The molecule has 1 aromatic carbocycles. The van der Waals surface area contributed by atoms with Crippen molar-refractivity contribution < 1.29 is 9.78 Å². The third-order valence-electron chi connectivity index (χ3n) is 3.76. The van der Waals surface area contributed by atoms with E-state index < -0.39 is 0 Å². The zero-order valence-corrected chi connectivity index (χ0v) is 16.2. The molecule has 0 aliphatic heterocycles. The number of nitrogens with zero attached hydrogens (tertiary/aromatic N) is 1. The highest BCUT2D eigenvalue weighted by Crippen LogP contribution is 2.21. The predicted molar refractivity (Wildman–Crippen MR) is 104 cm³/mol. The number of thiophene rings is 1. The Kier molecular flexibility index (Phi) is 4.96. The Balaban J connectivity index is 1.74. The first-order valence-corrected chi connectivity index (χ1v) is 9.67. The van der Waals surface area contributed by atoms with E-state index in [9.17, 15) is 9.59 Å². The van der Waals surface area contributed by atoms with E-state index in [1.807, 2.05) is 39.0 Å². The van der Waals surface area contributed by atoms with Gasteiger partial charge in [0.15, 0.2) is 4.83 Å². The average Bonchev–Trinajstić information content (AvgIpc) is 2.89. The number of aromatic nitrogens is 2. The van der Waals surface area contributed by atoms with Gasteiger partial charge < -0.3 is 5.32 Å². The Morgan fingerprint density at radius 3 is 2.56 bits per heavy atom. The minimum absolute atomic E-state index is 0.0460. The summed E-state index contributed by atoms with van der Waals surface area (Å²) in [5, 5.41) is 4.28. The normalized spacial score (nSPS) is 11.0. The molecule has 25 heavy (non-hydrogen) atoms. The second-order valence-corrected chi connectivity index (χ2v) is 8.33. The van der Waals surface area contributed by atoms with Crippen molar-refractivity contribution in [2.45, 2.75) is 25.9 Å². The molecule has 0 aliphatic rings. The van der Waals surface area contributed by atoms with E-state index in [0.29, 0.717) is 10.5 Å². The highest BCUT2D eigenvalue weighted by molar-refractivity contribution is 7.99. The van der Waals surface area contributed by atoms with Gasteiger partial charge in [0, 0.05) is 10.6 Å². The Labute approximate surface area is 154 Å². The van der Waals surface area contributed by atoms with Crippen LogP contribution >= 0.6 is 23.1 Å². The fourth-order valence-corrected chi connectivity index (χ4v) is 4.49. The summed E-state index contributed by atoms with van der Waals surface area (Å²) in [6.07, 6.45) is 0. The lowest BCUT2D eigenvalue weighted by Gasteiger charge is -2.07. The molecule has 0 spiro atoms. The van der Waals surface area contributed by atoms with Gasteiger partial charge >= 0.3 is 10.7 Å². The van der Waals surface area contributed by atoms with Crippen LogP contribution in [0.2, 0.25) is 0 Å². The van der Waals surface area contributed by atoms with Gasteiger partial charge in [-0.2, -0.15) is 4.57 Å². The number of hydrogen-bond acceptors (Lipinski definition) is 4. The van der Waals surface area contributed by atoms with Crippen LogP contribution in [-0.2, 0) is 11.8 Å². The van der Waals surface area contributed by atoms with Gasteiger partial charge in [0.2, 0.25) is 5.91 Å². The molecule has 0 fully saturated rings. The average molecular weight is 375 g/mol. The zero-order valence-electron chi connectivity index (χ0n) is 14.6. The van der Waals surface area contributed by atoms with Gasteiger partial charge in [-0.25, -0.2) is 9.78 Å². The fraction of sp³-hybridized carbons (Fsp3) is 0.278. The van der Waals surface area contributed by atoms with Crippen molar-refractivity contribution in [3.05, 3.63) is 50.6 Å². The molecule has 130 valence electrons. The van der Waals surface area contributed by atoms with Crippen LogP contribution in [-0.4, -0.2) is 16.2 Å². The fourth-order valence-electron chi connectivity index (χ4n) is 2.73. The predicted octanol–water partition coefficient (Wildman–Crippen LogP) is 3.07. The van der Waals surface area contributed by atoms with E-state index in [4.69, 9.17) is 0 Å². The second-order valence-electron chi connectivity index (χ2n) is 6.11. The lowest BCUT2D eigenvalue weighted by atomic mass is 10.1. The van der Waals surface area contributed by atoms with Crippen molar-refractivity contribution in [2.75, 3.05) is 11.1 Å². The zero-order chi connectivity index (χ0) is 18.1. The van der Waals surface area contributed by atoms with Crippen molar-refractivity contribution in [3.8, 4) is 0 Å². The molecule has 5 nitrogen and oxygen atoms in total. The number of carbonyl (C=O) groups excluding carboxylic acids is 1. The first kappa shape index (κ1) is 17.7. The van der Waals surface area contributed by atoms with E-state index >= 15 is 0 Å². The maximum atomic E-state index is 12.4. The topological polar surface area (TPSA) is 65.2 Å². The molecule has 2 heterocycles. The van der Waals surface area contributed by atoms with Crippen molar-refractivity contribution >= 4 is 44.9 Å². The van der Waals surface area contributed by atoms with E-state index in [0.717, 1.165) is 26.5 Å². The molecule has 0 bridgehead atoms. The summed E-state index contributed by atoms with van der Waals surface area (Å²) in [4.78, 5) is 29.8. The van der Waals surface area contributed by atoms with Crippen molar-refractivity contribution in [2.24, 2.45) is 7.05 Å². The highest BCUT2D eigenvalue weighted by atomic mass is 32.2. The van der Waals surface area contributed by atoms with Crippen LogP contribution in [0.1, 0.15) is 16.0 Å². The quantitative estimate of drug-likeness (QED) is 0.564. The number of benzene rings is 1. The summed E-state index contributed by atoms with van der Waals surface area (Å²) in [5.41, 5.74) is 2.97. The molecule has 0 saturated heterocycles. The molecule has 0 aliphatic carbocycles. The standard InChI is InChI=1S/C18H19N3O2S2/c1-10-5-11(2)7-13(6-10)19-15(22)9-24-18-20-16-14(8-12(3)25-16)17(23)21(18)4/h5-8H,9H2,1-4H3,(H,19,22)/p+1. The van der Waals surface area contributed by atoms with Crippen LogP contribution in [0.4, 0.5) is 5.69 Å². The summed E-state index contributed by atoms with van der Waals surface area (Å²) in [5.74, 6) is 0.130. The lowest BCUT2D eigenvalue weighted by molar-refractivity contribution is -0.404. The molecule has 0 radical (unpaired) electrons. The minimum Gasteiger partial charge on any atom is -0.325 e. The molecule has 0 unspecified atom stereocenters. The van der Waals surface area contributed by atoms with Gasteiger partial charge in [-0.05, 0) is 61.9 Å². The monoisotopic (exact) mass is 374 g/mol. The maximum Gasteiger partial charge on any atom is 0.346 e. The molecule has 2 N–H and O–H groups in total. The molecular weight excluding hydrogens is 354 g/mol. The van der Waals surface area contributed by atoms with Gasteiger partial charge in [-0.1, -0.05) is 17.4 Å². The number of anilines is 1. The largest absolute Gasteiger partial charge is 0.346 e. The second kappa shape index (κ2) is 7.01. The molecule has 7 heteroatoms. The van der Waals surface area contributed by atoms with Crippen LogP contribution in [0.15, 0.2) is 34.2 Å². The SMILES string of the molecule is Cc1cc(C)cc(NC(=O)CSc2[nH+]c3sc(C)cc3c(=O)n2C)c1. The van der Waals surface area contributed by atoms with Gasteiger partial charge in [0.25, 0.3) is 0 Å². The van der Waals surface area contributed by atoms with E-state index in [-0.39, 0.29) is 17.2 Å². The number of aromatic amines is 1. The number of carbonyl (C=O) groups is 1. The van der Waals surface area contributed by atoms with Gasteiger partial charge in [-0.15, -0.1) is 0 Å². The summed E-state index contributed by atoms with van der Waals surface area (Å²) in [6, 6.07) is 7.84. The number of amides is 1. The summed E-state index contributed by atoms with van der Waals surface area (Å²) < 4.78 is 1.56. The number of nitrogens with one attached hydrogen (secondary N) is 2. The Morgan fingerprint density at radius 2 is 1.88 bits per heavy atom. The maximum absolute atomic E-state index is 12.4. The summed E-state index contributed by atoms with van der Waals surface area (Å²) >= 11 is 2.87. The summed E-state index contributed by atoms with van der Waals surface area (Å²) in [7, 11) is 1.72. The minimum atomic E-state index is -0.0988. The number of thioether (sulfide) groups is 1. The van der Waals surface area contributed by atoms with Gasteiger partial charge in [0.1, 0.15) is 5.39 Å². The third kappa shape index (κ3) is 3.93. The van der Waals surface area contributed by atoms with Gasteiger partial charge in [0.05, 0.1) is 12.8 Å². The molecule has 2 aromatic heterocycles. The molecule has 1 amide bonds. The van der Waals surface area contributed by atoms with E-state index in [1.165, 1.54) is 11.8 Å². The number of hydrogen-bond donors (Lipinski definition) is 1. The molecule has 0 saturated carbocycles. The Hall–Kier alpha value is -2.12. The molecular formula is C18H20N3O2S2+. The number of fused-ring (bicyclic) bond motifs is 1. The Morgan fingerprint density at radius 1 is 1.20 bits per heavy atom. The van der Waals surface area contributed by atoms with Crippen LogP contribution in [0.3, 0.4) is 0 Å². The van der Waals surface area contributed by atoms with Crippen LogP contribution in [0.25, 0.3) is 10.2 Å². The summed E-state index contributed by atoms with van der Waals surface area (Å²) in [6.45, 7) is 5.97. The first-order chi connectivity index (χ1) is 11.8. The number of rotatable bonds is 4. The van der Waals surface area contributed by atoms with Crippen molar-refractivity contribution in [1.82, 2.24) is 4.57 Å². The smallest absolute Gasteiger partial charge is 0.325 e. The number of aryl methyl sites for hydroxylation is 3. The first-order valence-electron chi connectivity index (χ1n) is 7.87. The molecule has 3 rings (SSSR count). The highest BCUT2D eigenvalue weighted by Gasteiger charge is 2.18. The molecule has 0 atom stereocenters. The van der Waals surface area contributed by atoms with Gasteiger partial charge in [-0.3, -0.25) is 4.79 Å².